The average Bonchev–Trinajstić information content (AvgIpc) is 3.04. The molecule has 2 rings (SSSR count). The van der Waals surface area contributed by atoms with Gasteiger partial charge in [0.15, 0.2) is 5.96 Å². The number of imidazole rings is 1. The Morgan fingerprint density at radius 3 is 2.80 bits per heavy atom. The molecule has 1 fully saturated rings. The van der Waals surface area contributed by atoms with Crippen molar-refractivity contribution in [2.24, 2.45) is 10.9 Å². The van der Waals surface area contributed by atoms with Crippen molar-refractivity contribution < 1.29 is 8.42 Å². The molecular weight excluding hydrogens is 455 g/mol. The van der Waals surface area contributed by atoms with E-state index in [2.05, 4.69) is 36.4 Å². The van der Waals surface area contributed by atoms with Crippen LogP contribution in [-0.2, 0) is 10.0 Å². The van der Waals surface area contributed by atoms with Gasteiger partial charge in [0.05, 0.1) is 25.2 Å². The van der Waals surface area contributed by atoms with Crippen LogP contribution in [0.4, 0.5) is 0 Å². The molecule has 144 valence electrons. The number of hydrogen-bond donors (Lipinski definition) is 2. The van der Waals surface area contributed by atoms with E-state index in [4.69, 9.17) is 0 Å². The smallest absolute Gasteiger partial charge is 0.208 e. The topological polar surface area (TPSA) is 91.6 Å². The van der Waals surface area contributed by atoms with Gasteiger partial charge in [-0.05, 0) is 19.3 Å². The lowest BCUT2D eigenvalue weighted by Crippen LogP contribution is -2.49. The first-order valence-corrected chi connectivity index (χ1v) is 10.2. The van der Waals surface area contributed by atoms with E-state index in [1.807, 2.05) is 25.6 Å². The SMILES string of the molecule is CCNC(=NCCNS(C)(=O)=O)N1CCC(C)C(n2ccnc2)C1.I. The maximum atomic E-state index is 11.1. The summed E-state index contributed by atoms with van der Waals surface area (Å²) >= 11 is 0. The summed E-state index contributed by atoms with van der Waals surface area (Å²) < 4.78 is 26.9. The molecule has 0 radical (unpaired) electrons. The first-order chi connectivity index (χ1) is 11.4. The molecule has 0 spiro atoms. The van der Waals surface area contributed by atoms with Gasteiger partial charge in [0, 0.05) is 38.6 Å². The summed E-state index contributed by atoms with van der Waals surface area (Å²) in [6.07, 6.45) is 7.91. The van der Waals surface area contributed by atoms with Crippen LogP contribution < -0.4 is 10.0 Å². The Labute approximate surface area is 167 Å². The summed E-state index contributed by atoms with van der Waals surface area (Å²) in [4.78, 5) is 11.0. The maximum Gasteiger partial charge on any atom is 0.208 e. The van der Waals surface area contributed by atoms with E-state index in [9.17, 15) is 8.42 Å². The minimum Gasteiger partial charge on any atom is -0.357 e. The zero-order valence-electron chi connectivity index (χ0n) is 15.1. The van der Waals surface area contributed by atoms with Gasteiger partial charge in [0.25, 0.3) is 0 Å². The Kier molecular flexibility index (Phi) is 9.14. The average molecular weight is 484 g/mol. The van der Waals surface area contributed by atoms with Crippen LogP contribution in [0.15, 0.2) is 23.7 Å². The van der Waals surface area contributed by atoms with Crippen molar-refractivity contribution >= 4 is 40.0 Å². The van der Waals surface area contributed by atoms with Gasteiger partial charge < -0.3 is 14.8 Å². The number of piperidine rings is 1. The van der Waals surface area contributed by atoms with Crippen molar-refractivity contribution in [2.75, 3.05) is 39.0 Å². The number of aliphatic imine (C=N–C) groups is 1. The molecule has 8 nitrogen and oxygen atoms in total. The number of halogens is 1. The van der Waals surface area contributed by atoms with E-state index >= 15 is 0 Å². The molecule has 0 saturated carbocycles. The molecule has 2 unspecified atom stereocenters. The molecule has 0 aromatic carbocycles. The highest BCUT2D eigenvalue weighted by Gasteiger charge is 2.28. The highest BCUT2D eigenvalue weighted by atomic mass is 127. The van der Waals surface area contributed by atoms with E-state index < -0.39 is 10.0 Å². The summed E-state index contributed by atoms with van der Waals surface area (Å²) in [6, 6.07) is 0.360. The molecule has 0 aliphatic carbocycles. The van der Waals surface area contributed by atoms with Crippen molar-refractivity contribution in [2.45, 2.75) is 26.3 Å². The number of rotatable bonds is 6. The van der Waals surface area contributed by atoms with Crippen LogP contribution in [-0.4, -0.2) is 67.8 Å². The highest BCUT2D eigenvalue weighted by Crippen LogP contribution is 2.27. The Hall–Kier alpha value is -0.880. The second-order valence-corrected chi connectivity index (χ2v) is 8.02. The third-order valence-electron chi connectivity index (χ3n) is 4.20. The fourth-order valence-electron chi connectivity index (χ4n) is 2.91. The van der Waals surface area contributed by atoms with Gasteiger partial charge in [-0.3, -0.25) is 4.99 Å². The van der Waals surface area contributed by atoms with Crippen molar-refractivity contribution in [3.05, 3.63) is 18.7 Å². The zero-order valence-corrected chi connectivity index (χ0v) is 18.2. The molecule has 2 heterocycles. The molecule has 2 N–H and O–H groups in total. The van der Waals surface area contributed by atoms with Crippen molar-refractivity contribution in [1.82, 2.24) is 24.5 Å². The molecular formula is C15H29IN6O2S. The van der Waals surface area contributed by atoms with Crippen molar-refractivity contribution in [1.29, 1.82) is 0 Å². The summed E-state index contributed by atoms with van der Waals surface area (Å²) in [5.74, 6) is 1.41. The van der Waals surface area contributed by atoms with Gasteiger partial charge in [-0.15, -0.1) is 24.0 Å². The first kappa shape index (κ1) is 22.2. The number of guanidine groups is 1. The third kappa shape index (κ3) is 7.10. The van der Waals surface area contributed by atoms with Crippen LogP contribution in [0.25, 0.3) is 0 Å². The highest BCUT2D eigenvalue weighted by molar-refractivity contribution is 14.0. The van der Waals surface area contributed by atoms with Gasteiger partial charge in [-0.2, -0.15) is 0 Å². The lowest BCUT2D eigenvalue weighted by atomic mass is 9.93. The number of sulfonamides is 1. The summed E-state index contributed by atoms with van der Waals surface area (Å²) in [6.45, 7) is 7.60. The maximum absolute atomic E-state index is 11.1. The molecule has 1 aliphatic rings. The molecule has 25 heavy (non-hydrogen) atoms. The number of likely N-dealkylation sites (tertiary alicyclic amines) is 1. The zero-order chi connectivity index (χ0) is 17.6. The van der Waals surface area contributed by atoms with Crippen LogP contribution in [0.3, 0.4) is 0 Å². The Morgan fingerprint density at radius 2 is 2.20 bits per heavy atom. The van der Waals surface area contributed by atoms with Crippen LogP contribution in [0.1, 0.15) is 26.3 Å². The van der Waals surface area contributed by atoms with Crippen LogP contribution in [0, 0.1) is 5.92 Å². The molecule has 1 aromatic heterocycles. The van der Waals surface area contributed by atoms with E-state index in [1.54, 1.807) is 0 Å². The fraction of sp³-hybridized carbons (Fsp3) is 0.733. The second-order valence-electron chi connectivity index (χ2n) is 6.19. The summed E-state index contributed by atoms with van der Waals surface area (Å²) in [5.41, 5.74) is 0. The van der Waals surface area contributed by atoms with Gasteiger partial charge >= 0.3 is 0 Å². The van der Waals surface area contributed by atoms with E-state index in [0.29, 0.717) is 25.0 Å². The Balaban J connectivity index is 0.00000312. The summed E-state index contributed by atoms with van der Waals surface area (Å²) in [5, 5.41) is 3.30. The molecule has 1 aromatic rings. The Morgan fingerprint density at radius 1 is 1.44 bits per heavy atom. The van der Waals surface area contributed by atoms with Crippen LogP contribution in [0.5, 0.6) is 0 Å². The second kappa shape index (κ2) is 10.3. The lowest BCUT2D eigenvalue weighted by Gasteiger charge is -2.39. The van der Waals surface area contributed by atoms with Gasteiger partial charge in [-0.1, -0.05) is 6.92 Å². The van der Waals surface area contributed by atoms with E-state index in [-0.39, 0.29) is 24.0 Å². The first-order valence-electron chi connectivity index (χ1n) is 8.36. The molecule has 2 atom stereocenters. The van der Waals surface area contributed by atoms with Crippen molar-refractivity contribution in [3.8, 4) is 0 Å². The third-order valence-corrected chi connectivity index (χ3v) is 4.93. The lowest BCUT2D eigenvalue weighted by molar-refractivity contribution is 0.189. The van der Waals surface area contributed by atoms with Gasteiger partial charge in [-0.25, -0.2) is 18.1 Å². The Bertz CT molecular complexity index is 634. The molecule has 0 bridgehead atoms. The minimum absolute atomic E-state index is 0. The summed E-state index contributed by atoms with van der Waals surface area (Å²) in [7, 11) is -3.17. The fourth-order valence-corrected chi connectivity index (χ4v) is 3.38. The van der Waals surface area contributed by atoms with Crippen LogP contribution in [0.2, 0.25) is 0 Å². The quantitative estimate of drug-likeness (QED) is 0.271. The van der Waals surface area contributed by atoms with Gasteiger partial charge in [0.2, 0.25) is 10.0 Å². The van der Waals surface area contributed by atoms with E-state index in [1.165, 1.54) is 0 Å². The van der Waals surface area contributed by atoms with Gasteiger partial charge in [0.1, 0.15) is 0 Å². The number of aromatic nitrogens is 2. The number of hydrogen-bond acceptors (Lipinski definition) is 4. The molecule has 1 saturated heterocycles. The van der Waals surface area contributed by atoms with Crippen LogP contribution >= 0.6 is 24.0 Å². The predicted octanol–water partition coefficient (Wildman–Crippen LogP) is 0.899. The predicted molar refractivity (Wildman–Crippen MR) is 111 cm³/mol. The number of nitrogens with zero attached hydrogens (tertiary/aromatic N) is 4. The standard InChI is InChI=1S/C15H28N6O2S.HI/c1-4-17-15(18-6-7-19-24(3,22)23)20-9-5-13(2)14(11-20)21-10-8-16-12-21;/h8,10,12-14,19H,4-7,9,11H2,1-3H3,(H,17,18);1H. The van der Waals surface area contributed by atoms with E-state index in [0.717, 1.165) is 38.3 Å². The minimum atomic E-state index is -3.17. The normalized spacial score (nSPS) is 21.7. The largest absolute Gasteiger partial charge is 0.357 e. The number of nitrogens with one attached hydrogen (secondary N) is 2. The molecule has 1 aliphatic heterocycles. The molecule has 0 amide bonds. The monoisotopic (exact) mass is 484 g/mol. The molecule has 10 heteroatoms. The van der Waals surface area contributed by atoms with Crippen molar-refractivity contribution in [3.63, 3.8) is 0 Å².